The summed E-state index contributed by atoms with van der Waals surface area (Å²) < 4.78 is 0. The molecule has 4 nitrogen and oxygen atoms in total. The topological polar surface area (TPSA) is 57.8 Å². The first-order valence-electron chi connectivity index (χ1n) is 6.67. The van der Waals surface area contributed by atoms with Gasteiger partial charge in [0.1, 0.15) is 5.82 Å². The largest absolute Gasteiger partial charge is 0.311 e. The SMILES string of the molecule is CCc1cn[nH]c1NC(=O)CCc1ccc(C)c(Cl)c1. The Hall–Kier alpha value is -1.81. The lowest BCUT2D eigenvalue weighted by atomic mass is 10.1. The number of aryl methyl sites for hydroxylation is 3. The van der Waals surface area contributed by atoms with Crippen LogP contribution in [0.4, 0.5) is 5.82 Å². The van der Waals surface area contributed by atoms with Gasteiger partial charge in [0.2, 0.25) is 5.91 Å². The van der Waals surface area contributed by atoms with E-state index < -0.39 is 0 Å². The number of benzene rings is 1. The number of anilines is 1. The molecular formula is C15H18ClN3O. The van der Waals surface area contributed by atoms with Crippen LogP contribution < -0.4 is 5.32 Å². The first-order valence-corrected chi connectivity index (χ1v) is 7.05. The van der Waals surface area contributed by atoms with Crippen LogP contribution in [0.3, 0.4) is 0 Å². The number of nitrogens with one attached hydrogen (secondary N) is 2. The zero-order valence-electron chi connectivity index (χ0n) is 11.7. The molecule has 2 N–H and O–H groups in total. The molecule has 2 rings (SSSR count). The van der Waals surface area contributed by atoms with Crippen molar-refractivity contribution in [1.29, 1.82) is 0 Å². The molecule has 0 bridgehead atoms. The molecule has 106 valence electrons. The molecule has 2 aromatic rings. The average Bonchev–Trinajstić information content (AvgIpc) is 2.87. The number of hydrogen-bond donors (Lipinski definition) is 2. The van der Waals surface area contributed by atoms with Crippen molar-refractivity contribution >= 4 is 23.3 Å². The summed E-state index contributed by atoms with van der Waals surface area (Å²) in [6.07, 6.45) is 3.65. The van der Waals surface area contributed by atoms with E-state index in [4.69, 9.17) is 11.6 Å². The molecule has 0 spiro atoms. The van der Waals surface area contributed by atoms with Crippen LogP contribution in [0.5, 0.6) is 0 Å². The van der Waals surface area contributed by atoms with Gasteiger partial charge in [-0.1, -0.05) is 30.7 Å². The van der Waals surface area contributed by atoms with Gasteiger partial charge in [-0.05, 0) is 37.0 Å². The number of aromatic amines is 1. The van der Waals surface area contributed by atoms with Crippen molar-refractivity contribution in [2.24, 2.45) is 0 Å². The van der Waals surface area contributed by atoms with E-state index in [0.29, 0.717) is 18.7 Å². The van der Waals surface area contributed by atoms with Gasteiger partial charge in [0.15, 0.2) is 0 Å². The molecule has 0 atom stereocenters. The molecule has 0 saturated heterocycles. The van der Waals surface area contributed by atoms with Gasteiger partial charge < -0.3 is 5.32 Å². The van der Waals surface area contributed by atoms with Crippen LogP contribution in [0, 0.1) is 6.92 Å². The standard InChI is InChI=1S/C15H18ClN3O/c1-3-12-9-17-19-15(12)18-14(20)7-6-11-5-4-10(2)13(16)8-11/h4-5,8-9H,3,6-7H2,1-2H3,(H2,17,18,19,20). The molecule has 1 amide bonds. The zero-order valence-corrected chi connectivity index (χ0v) is 12.4. The van der Waals surface area contributed by atoms with E-state index in [1.54, 1.807) is 6.20 Å². The van der Waals surface area contributed by atoms with E-state index in [1.807, 2.05) is 32.0 Å². The first-order chi connectivity index (χ1) is 9.60. The van der Waals surface area contributed by atoms with Crippen LogP contribution >= 0.6 is 11.6 Å². The van der Waals surface area contributed by atoms with Crippen molar-refractivity contribution in [3.05, 3.63) is 46.1 Å². The van der Waals surface area contributed by atoms with Crippen LogP contribution in [0.25, 0.3) is 0 Å². The van der Waals surface area contributed by atoms with Gasteiger partial charge in [0.05, 0.1) is 6.20 Å². The normalized spacial score (nSPS) is 10.6. The highest BCUT2D eigenvalue weighted by molar-refractivity contribution is 6.31. The number of carbonyl (C=O) groups is 1. The van der Waals surface area contributed by atoms with Gasteiger partial charge in [-0.15, -0.1) is 0 Å². The fraction of sp³-hybridized carbons (Fsp3) is 0.333. The third kappa shape index (κ3) is 3.61. The predicted octanol–water partition coefficient (Wildman–Crippen LogP) is 3.51. The minimum absolute atomic E-state index is 0.0272. The van der Waals surface area contributed by atoms with Gasteiger partial charge in [-0.3, -0.25) is 9.89 Å². The van der Waals surface area contributed by atoms with Crippen molar-refractivity contribution in [2.75, 3.05) is 5.32 Å². The molecule has 1 heterocycles. The van der Waals surface area contributed by atoms with Crippen LogP contribution in [0.2, 0.25) is 5.02 Å². The van der Waals surface area contributed by atoms with Crippen LogP contribution in [0.15, 0.2) is 24.4 Å². The second-order valence-corrected chi connectivity index (χ2v) is 5.16. The van der Waals surface area contributed by atoms with E-state index in [9.17, 15) is 4.79 Å². The summed E-state index contributed by atoms with van der Waals surface area (Å²) in [6, 6.07) is 5.89. The van der Waals surface area contributed by atoms with Crippen LogP contribution in [-0.2, 0) is 17.6 Å². The van der Waals surface area contributed by atoms with Crippen molar-refractivity contribution in [1.82, 2.24) is 10.2 Å². The highest BCUT2D eigenvalue weighted by Gasteiger charge is 2.08. The molecule has 0 unspecified atom stereocenters. The lowest BCUT2D eigenvalue weighted by Crippen LogP contribution is -2.13. The number of carbonyl (C=O) groups excluding carboxylic acids is 1. The molecule has 0 aliphatic carbocycles. The van der Waals surface area contributed by atoms with Gasteiger partial charge in [0.25, 0.3) is 0 Å². The Morgan fingerprint density at radius 2 is 2.25 bits per heavy atom. The summed E-state index contributed by atoms with van der Waals surface area (Å²) in [5, 5.41) is 10.3. The molecule has 0 aliphatic heterocycles. The summed E-state index contributed by atoms with van der Waals surface area (Å²) in [4.78, 5) is 11.9. The maximum absolute atomic E-state index is 11.9. The van der Waals surface area contributed by atoms with Crippen LogP contribution in [0.1, 0.15) is 30.0 Å². The number of hydrogen-bond acceptors (Lipinski definition) is 2. The number of amides is 1. The van der Waals surface area contributed by atoms with E-state index in [0.717, 1.165) is 28.1 Å². The Balaban J connectivity index is 1.90. The average molecular weight is 292 g/mol. The van der Waals surface area contributed by atoms with Crippen molar-refractivity contribution in [2.45, 2.75) is 33.1 Å². The molecule has 20 heavy (non-hydrogen) atoms. The third-order valence-corrected chi connectivity index (χ3v) is 3.65. The van der Waals surface area contributed by atoms with Gasteiger partial charge in [0, 0.05) is 17.0 Å². The summed E-state index contributed by atoms with van der Waals surface area (Å²) in [5.41, 5.74) is 3.12. The predicted molar refractivity (Wildman–Crippen MR) is 81.1 cm³/mol. The maximum Gasteiger partial charge on any atom is 0.225 e. The number of nitrogens with zero attached hydrogens (tertiary/aromatic N) is 1. The zero-order chi connectivity index (χ0) is 14.5. The lowest BCUT2D eigenvalue weighted by molar-refractivity contribution is -0.116. The molecule has 0 aliphatic rings. The van der Waals surface area contributed by atoms with Crippen molar-refractivity contribution in [3.8, 4) is 0 Å². The Bertz CT molecular complexity index is 607. The number of rotatable bonds is 5. The van der Waals surface area contributed by atoms with Gasteiger partial charge in [-0.2, -0.15) is 5.10 Å². The fourth-order valence-electron chi connectivity index (χ4n) is 1.94. The number of halogens is 1. The van der Waals surface area contributed by atoms with Gasteiger partial charge >= 0.3 is 0 Å². The molecular weight excluding hydrogens is 274 g/mol. The minimum Gasteiger partial charge on any atom is -0.311 e. The van der Waals surface area contributed by atoms with Crippen molar-refractivity contribution < 1.29 is 4.79 Å². The van der Waals surface area contributed by atoms with E-state index in [-0.39, 0.29) is 5.91 Å². The van der Waals surface area contributed by atoms with Gasteiger partial charge in [-0.25, -0.2) is 0 Å². The quantitative estimate of drug-likeness (QED) is 0.886. The van der Waals surface area contributed by atoms with Crippen LogP contribution in [-0.4, -0.2) is 16.1 Å². The highest BCUT2D eigenvalue weighted by Crippen LogP contribution is 2.18. The highest BCUT2D eigenvalue weighted by atomic mass is 35.5. The smallest absolute Gasteiger partial charge is 0.225 e. The Labute approximate surface area is 123 Å². The Morgan fingerprint density at radius 1 is 1.45 bits per heavy atom. The molecule has 0 saturated carbocycles. The summed E-state index contributed by atoms with van der Waals surface area (Å²) in [6.45, 7) is 3.98. The molecule has 0 radical (unpaired) electrons. The molecule has 5 heteroatoms. The lowest BCUT2D eigenvalue weighted by Gasteiger charge is -2.06. The molecule has 1 aromatic carbocycles. The Morgan fingerprint density at radius 3 is 2.95 bits per heavy atom. The maximum atomic E-state index is 11.9. The van der Waals surface area contributed by atoms with E-state index in [1.165, 1.54) is 0 Å². The number of aromatic nitrogens is 2. The molecule has 1 aromatic heterocycles. The third-order valence-electron chi connectivity index (χ3n) is 3.24. The number of H-pyrrole nitrogens is 1. The minimum atomic E-state index is -0.0272. The Kier molecular flexibility index (Phi) is 4.79. The monoisotopic (exact) mass is 291 g/mol. The second kappa shape index (κ2) is 6.57. The summed E-state index contributed by atoms with van der Waals surface area (Å²) in [7, 11) is 0. The summed E-state index contributed by atoms with van der Waals surface area (Å²) >= 11 is 6.07. The van der Waals surface area contributed by atoms with E-state index in [2.05, 4.69) is 15.5 Å². The summed E-state index contributed by atoms with van der Waals surface area (Å²) in [5.74, 6) is 0.667. The fourth-order valence-corrected chi connectivity index (χ4v) is 2.14. The van der Waals surface area contributed by atoms with E-state index >= 15 is 0 Å². The van der Waals surface area contributed by atoms with Crippen molar-refractivity contribution in [3.63, 3.8) is 0 Å². The first kappa shape index (κ1) is 14.6. The second-order valence-electron chi connectivity index (χ2n) is 4.76. The molecule has 0 fully saturated rings.